The van der Waals surface area contributed by atoms with Crippen molar-refractivity contribution < 1.29 is 8.42 Å². The lowest BCUT2D eigenvalue weighted by molar-refractivity contribution is 0.598. The van der Waals surface area contributed by atoms with Crippen LogP contribution in [-0.4, -0.2) is 37.2 Å². The largest absolute Gasteiger partial charge is 0.369 e. The van der Waals surface area contributed by atoms with Crippen molar-refractivity contribution in [3.05, 3.63) is 11.3 Å². The van der Waals surface area contributed by atoms with Crippen molar-refractivity contribution in [1.82, 2.24) is 9.97 Å². The minimum atomic E-state index is -3.46. The van der Waals surface area contributed by atoms with Crippen LogP contribution < -0.4 is 15.8 Å². The van der Waals surface area contributed by atoms with Crippen molar-refractivity contribution in [3.8, 4) is 0 Å². The Hall–Kier alpha value is -1.41. The standard InChI is InChI=1S/C12H21N5O2S/c1-2-14-12-16-10-6-4-3-5-9(10)11(17-12)15-7-8-20(13,18)19/h2-8H2,1H3,(H2,13,18,19)(H2,14,15,16,17). The van der Waals surface area contributed by atoms with Gasteiger partial charge in [-0.25, -0.2) is 18.5 Å². The zero-order chi connectivity index (χ0) is 14.6. The number of nitrogens with one attached hydrogen (secondary N) is 2. The molecule has 1 heterocycles. The highest BCUT2D eigenvalue weighted by atomic mass is 32.2. The second-order valence-electron chi connectivity index (χ2n) is 4.85. The number of fused-ring (bicyclic) bond motifs is 1. The number of hydrogen-bond donors (Lipinski definition) is 3. The summed E-state index contributed by atoms with van der Waals surface area (Å²) < 4.78 is 21.9. The van der Waals surface area contributed by atoms with Crippen LogP contribution in [0.15, 0.2) is 0 Å². The fourth-order valence-corrected chi connectivity index (χ4v) is 2.68. The Morgan fingerprint density at radius 3 is 2.65 bits per heavy atom. The van der Waals surface area contributed by atoms with Gasteiger partial charge in [-0.05, 0) is 32.6 Å². The van der Waals surface area contributed by atoms with E-state index in [1.165, 1.54) is 0 Å². The molecule has 0 atom stereocenters. The average molecular weight is 299 g/mol. The molecule has 0 aliphatic heterocycles. The van der Waals surface area contributed by atoms with Crippen molar-refractivity contribution in [1.29, 1.82) is 0 Å². The molecular weight excluding hydrogens is 278 g/mol. The van der Waals surface area contributed by atoms with E-state index in [-0.39, 0.29) is 12.3 Å². The van der Waals surface area contributed by atoms with Gasteiger partial charge in [-0.3, -0.25) is 0 Å². The second-order valence-corrected chi connectivity index (χ2v) is 6.59. The number of anilines is 2. The van der Waals surface area contributed by atoms with E-state index in [2.05, 4.69) is 20.6 Å². The third kappa shape index (κ3) is 4.04. The summed E-state index contributed by atoms with van der Waals surface area (Å²) in [4.78, 5) is 8.94. The first-order valence-electron chi connectivity index (χ1n) is 6.87. The van der Waals surface area contributed by atoms with E-state index in [1.54, 1.807) is 0 Å². The molecule has 2 rings (SSSR count). The highest BCUT2D eigenvalue weighted by Gasteiger charge is 2.17. The summed E-state index contributed by atoms with van der Waals surface area (Å²) in [5, 5.41) is 11.2. The predicted molar refractivity (Wildman–Crippen MR) is 79.3 cm³/mol. The van der Waals surface area contributed by atoms with E-state index in [1.807, 2.05) is 6.92 Å². The quantitative estimate of drug-likeness (QED) is 0.705. The summed E-state index contributed by atoms with van der Waals surface area (Å²) >= 11 is 0. The number of aryl methyl sites for hydroxylation is 1. The molecule has 4 N–H and O–H groups in total. The van der Waals surface area contributed by atoms with Crippen molar-refractivity contribution in [2.24, 2.45) is 5.14 Å². The first-order chi connectivity index (χ1) is 9.49. The summed E-state index contributed by atoms with van der Waals surface area (Å²) in [7, 11) is -3.46. The van der Waals surface area contributed by atoms with Crippen LogP contribution in [0.3, 0.4) is 0 Å². The van der Waals surface area contributed by atoms with Crippen molar-refractivity contribution in [2.45, 2.75) is 32.6 Å². The Morgan fingerprint density at radius 2 is 1.95 bits per heavy atom. The fourth-order valence-electron chi connectivity index (χ4n) is 2.29. The molecule has 20 heavy (non-hydrogen) atoms. The molecule has 7 nitrogen and oxygen atoms in total. The number of hydrogen-bond acceptors (Lipinski definition) is 6. The molecule has 112 valence electrons. The number of rotatable bonds is 6. The van der Waals surface area contributed by atoms with Crippen LogP contribution >= 0.6 is 0 Å². The number of aromatic nitrogens is 2. The second kappa shape index (κ2) is 6.36. The van der Waals surface area contributed by atoms with Gasteiger partial charge in [0.1, 0.15) is 5.82 Å². The summed E-state index contributed by atoms with van der Waals surface area (Å²) in [6, 6.07) is 0. The molecule has 0 aromatic carbocycles. The molecule has 0 saturated heterocycles. The van der Waals surface area contributed by atoms with E-state index in [0.717, 1.165) is 49.3 Å². The van der Waals surface area contributed by atoms with E-state index >= 15 is 0 Å². The highest BCUT2D eigenvalue weighted by Crippen LogP contribution is 2.26. The van der Waals surface area contributed by atoms with Gasteiger partial charge in [0, 0.05) is 18.7 Å². The molecule has 0 spiro atoms. The number of primary sulfonamides is 1. The van der Waals surface area contributed by atoms with Crippen LogP contribution in [0, 0.1) is 0 Å². The third-order valence-corrected chi connectivity index (χ3v) is 3.97. The molecule has 1 aliphatic carbocycles. The van der Waals surface area contributed by atoms with Crippen molar-refractivity contribution >= 4 is 21.8 Å². The van der Waals surface area contributed by atoms with E-state index in [9.17, 15) is 8.42 Å². The van der Waals surface area contributed by atoms with Gasteiger partial charge in [0.15, 0.2) is 0 Å². The van der Waals surface area contributed by atoms with Gasteiger partial charge >= 0.3 is 0 Å². The molecule has 8 heteroatoms. The monoisotopic (exact) mass is 299 g/mol. The molecule has 1 aromatic rings. The Bertz CT molecular complexity index is 573. The highest BCUT2D eigenvalue weighted by molar-refractivity contribution is 7.89. The molecule has 0 amide bonds. The average Bonchev–Trinajstić information content (AvgIpc) is 2.37. The third-order valence-electron chi connectivity index (χ3n) is 3.20. The summed E-state index contributed by atoms with van der Waals surface area (Å²) in [5.74, 6) is 1.21. The molecule has 0 fully saturated rings. The van der Waals surface area contributed by atoms with Crippen molar-refractivity contribution in [2.75, 3.05) is 29.5 Å². The summed E-state index contributed by atoms with van der Waals surface area (Å²) in [5.41, 5.74) is 2.16. The van der Waals surface area contributed by atoms with E-state index < -0.39 is 10.0 Å². The summed E-state index contributed by atoms with van der Waals surface area (Å²) in [6.45, 7) is 2.99. The van der Waals surface area contributed by atoms with Crippen LogP contribution in [0.4, 0.5) is 11.8 Å². The van der Waals surface area contributed by atoms with Gasteiger partial charge in [0.2, 0.25) is 16.0 Å². The number of nitrogens with zero attached hydrogens (tertiary/aromatic N) is 2. The lowest BCUT2D eigenvalue weighted by Gasteiger charge is -2.19. The smallest absolute Gasteiger partial charge is 0.224 e. The van der Waals surface area contributed by atoms with Crippen LogP contribution in [0.2, 0.25) is 0 Å². The predicted octanol–water partition coefficient (Wildman–Crippen LogP) is 0.488. The van der Waals surface area contributed by atoms with Crippen LogP contribution in [0.5, 0.6) is 0 Å². The minimum Gasteiger partial charge on any atom is -0.369 e. The zero-order valence-corrected chi connectivity index (χ0v) is 12.5. The first kappa shape index (κ1) is 15.0. The Labute approximate surface area is 119 Å². The van der Waals surface area contributed by atoms with Crippen LogP contribution in [-0.2, 0) is 22.9 Å². The molecular formula is C12H21N5O2S. The van der Waals surface area contributed by atoms with Crippen LogP contribution in [0.1, 0.15) is 31.0 Å². The topological polar surface area (TPSA) is 110 Å². The van der Waals surface area contributed by atoms with E-state index in [4.69, 9.17) is 5.14 Å². The number of nitrogens with two attached hydrogens (primary N) is 1. The molecule has 1 aliphatic rings. The van der Waals surface area contributed by atoms with Gasteiger partial charge in [-0.1, -0.05) is 0 Å². The van der Waals surface area contributed by atoms with Gasteiger partial charge in [-0.15, -0.1) is 0 Å². The zero-order valence-electron chi connectivity index (χ0n) is 11.6. The van der Waals surface area contributed by atoms with Gasteiger partial charge in [-0.2, -0.15) is 4.98 Å². The molecule has 0 saturated carbocycles. The molecule has 0 bridgehead atoms. The lowest BCUT2D eigenvalue weighted by atomic mass is 9.96. The molecule has 1 aromatic heterocycles. The number of sulfonamides is 1. The van der Waals surface area contributed by atoms with Gasteiger partial charge in [0.25, 0.3) is 0 Å². The maximum absolute atomic E-state index is 11.0. The Morgan fingerprint density at radius 1 is 1.20 bits per heavy atom. The normalized spacial score (nSPS) is 14.7. The van der Waals surface area contributed by atoms with Crippen LogP contribution in [0.25, 0.3) is 0 Å². The first-order valence-corrected chi connectivity index (χ1v) is 8.59. The van der Waals surface area contributed by atoms with E-state index in [0.29, 0.717) is 5.95 Å². The van der Waals surface area contributed by atoms with Crippen molar-refractivity contribution in [3.63, 3.8) is 0 Å². The minimum absolute atomic E-state index is 0.109. The fraction of sp³-hybridized carbons (Fsp3) is 0.667. The Balaban J connectivity index is 2.18. The molecule has 0 unspecified atom stereocenters. The lowest BCUT2D eigenvalue weighted by Crippen LogP contribution is -2.24. The maximum Gasteiger partial charge on any atom is 0.224 e. The van der Waals surface area contributed by atoms with Gasteiger partial charge < -0.3 is 10.6 Å². The van der Waals surface area contributed by atoms with Gasteiger partial charge in [0.05, 0.1) is 11.4 Å². The Kier molecular flexibility index (Phi) is 4.77. The summed E-state index contributed by atoms with van der Waals surface area (Å²) in [6.07, 6.45) is 4.12. The molecule has 0 radical (unpaired) electrons. The SMILES string of the molecule is CCNc1nc2c(c(NCCS(N)(=O)=O)n1)CCCC2. The maximum atomic E-state index is 11.0.